The van der Waals surface area contributed by atoms with Gasteiger partial charge in [-0.25, -0.2) is 0 Å². The predicted molar refractivity (Wildman–Crippen MR) is 62.7 cm³/mol. The molecule has 0 aromatic carbocycles. The van der Waals surface area contributed by atoms with Crippen molar-refractivity contribution < 1.29 is 5.11 Å². The Morgan fingerprint density at radius 1 is 1.33 bits per heavy atom. The Kier molecular flexibility index (Phi) is 5.33. The first-order valence-corrected chi connectivity index (χ1v) is 5.84. The van der Waals surface area contributed by atoms with Gasteiger partial charge in [0, 0.05) is 18.0 Å². The fraction of sp³-hybridized carbons (Fsp3) is 0.615. The molecule has 0 saturated carbocycles. The van der Waals surface area contributed by atoms with Crippen molar-refractivity contribution in [3.05, 3.63) is 29.6 Å². The standard InChI is InChI=1S/C13H21NO/c1-3-4-5-6-7-13(15)12-10-14-9-8-11(12)2/h8-10,13,15H,3-7H2,1-2H3. The average molecular weight is 207 g/mol. The number of nitrogens with zero attached hydrogens (tertiary/aromatic N) is 1. The average Bonchev–Trinajstić information content (AvgIpc) is 2.25. The van der Waals surface area contributed by atoms with Gasteiger partial charge in [0.1, 0.15) is 0 Å². The minimum Gasteiger partial charge on any atom is -0.388 e. The zero-order valence-corrected chi connectivity index (χ0v) is 9.74. The molecule has 1 atom stereocenters. The van der Waals surface area contributed by atoms with Gasteiger partial charge in [-0.15, -0.1) is 0 Å². The zero-order valence-electron chi connectivity index (χ0n) is 9.74. The molecule has 0 fully saturated rings. The maximum absolute atomic E-state index is 9.96. The van der Waals surface area contributed by atoms with E-state index in [4.69, 9.17) is 0 Å². The highest BCUT2D eigenvalue weighted by atomic mass is 16.3. The second-order valence-corrected chi connectivity index (χ2v) is 4.10. The summed E-state index contributed by atoms with van der Waals surface area (Å²) in [4.78, 5) is 4.05. The molecule has 0 bridgehead atoms. The normalized spacial score (nSPS) is 12.7. The molecular formula is C13H21NO. The highest BCUT2D eigenvalue weighted by Crippen LogP contribution is 2.21. The van der Waals surface area contributed by atoms with Gasteiger partial charge in [0.15, 0.2) is 0 Å². The molecule has 84 valence electrons. The van der Waals surface area contributed by atoms with Crippen LogP contribution in [0.3, 0.4) is 0 Å². The molecule has 1 aromatic rings. The monoisotopic (exact) mass is 207 g/mol. The third kappa shape index (κ3) is 4.00. The van der Waals surface area contributed by atoms with Crippen molar-refractivity contribution in [3.8, 4) is 0 Å². The SMILES string of the molecule is CCCCCCC(O)c1cnccc1C. The van der Waals surface area contributed by atoms with Crippen LogP contribution >= 0.6 is 0 Å². The lowest BCUT2D eigenvalue weighted by Crippen LogP contribution is -2.00. The lowest BCUT2D eigenvalue weighted by Gasteiger charge is -2.12. The molecular weight excluding hydrogens is 186 g/mol. The summed E-state index contributed by atoms with van der Waals surface area (Å²) in [7, 11) is 0. The summed E-state index contributed by atoms with van der Waals surface area (Å²) < 4.78 is 0. The first kappa shape index (κ1) is 12.2. The molecule has 1 unspecified atom stereocenters. The highest BCUT2D eigenvalue weighted by molar-refractivity contribution is 5.23. The van der Waals surface area contributed by atoms with Crippen LogP contribution in [0.15, 0.2) is 18.5 Å². The van der Waals surface area contributed by atoms with Crippen LogP contribution in [0, 0.1) is 6.92 Å². The summed E-state index contributed by atoms with van der Waals surface area (Å²) in [6.45, 7) is 4.22. The summed E-state index contributed by atoms with van der Waals surface area (Å²) >= 11 is 0. The summed E-state index contributed by atoms with van der Waals surface area (Å²) in [5, 5.41) is 9.96. The molecule has 0 amide bonds. The Labute approximate surface area is 92.4 Å². The fourth-order valence-electron chi connectivity index (χ4n) is 1.75. The second-order valence-electron chi connectivity index (χ2n) is 4.10. The van der Waals surface area contributed by atoms with E-state index in [0.717, 1.165) is 24.0 Å². The van der Waals surface area contributed by atoms with Crippen LogP contribution < -0.4 is 0 Å². The number of unbranched alkanes of at least 4 members (excludes halogenated alkanes) is 3. The van der Waals surface area contributed by atoms with Gasteiger partial charge < -0.3 is 5.11 Å². The molecule has 0 saturated heterocycles. The van der Waals surface area contributed by atoms with Crippen LogP contribution in [-0.4, -0.2) is 10.1 Å². The topological polar surface area (TPSA) is 33.1 Å². The molecule has 0 spiro atoms. The minimum atomic E-state index is -0.337. The number of hydrogen-bond donors (Lipinski definition) is 1. The first-order chi connectivity index (χ1) is 7.25. The number of aliphatic hydroxyl groups excluding tert-OH is 1. The molecule has 1 rings (SSSR count). The summed E-state index contributed by atoms with van der Waals surface area (Å²) in [5.41, 5.74) is 2.11. The largest absolute Gasteiger partial charge is 0.388 e. The molecule has 1 aromatic heterocycles. The van der Waals surface area contributed by atoms with Gasteiger partial charge in [-0.3, -0.25) is 4.98 Å². The van der Waals surface area contributed by atoms with Gasteiger partial charge in [-0.05, 0) is 25.0 Å². The predicted octanol–water partition coefficient (Wildman–Crippen LogP) is 3.39. The van der Waals surface area contributed by atoms with Crippen molar-refractivity contribution in [2.24, 2.45) is 0 Å². The first-order valence-electron chi connectivity index (χ1n) is 5.84. The zero-order chi connectivity index (χ0) is 11.1. The van der Waals surface area contributed by atoms with Crippen LogP contribution in [0.5, 0.6) is 0 Å². The van der Waals surface area contributed by atoms with Crippen LogP contribution in [0.25, 0.3) is 0 Å². The molecule has 2 nitrogen and oxygen atoms in total. The minimum absolute atomic E-state index is 0.337. The summed E-state index contributed by atoms with van der Waals surface area (Å²) in [6, 6.07) is 1.95. The molecule has 0 radical (unpaired) electrons. The lowest BCUT2D eigenvalue weighted by molar-refractivity contribution is 0.162. The number of rotatable bonds is 6. The molecule has 15 heavy (non-hydrogen) atoms. The third-order valence-electron chi connectivity index (χ3n) is 2.77. The summed E-state index contributed by atoms with van der Waals surface area (Å²) in [6.07, 6.45) is 8.88. The van der Waals surface area contributed by atoms with Crippen LogP contribution in [0.1, 0.15) is 56.3 Å². The number of aromatic nitrogens is 1. The van der Waals surface area contributed by atoms with Crippen molar-refractivity contribution in [3.63, 3.8) is 0 Å². The van der Waals surface area contributed by atoms with Crippen LogP contribution in [0.2, 0.25) is 0 Å². The third-order valence-corrected chi connectivity index (χ3v) is 2.77. The van der Waals surface area contributed by atoms with Crippen molar-refractivity contribution in [2.75, 3.05) is 0 Å². The van der Waals surface area contributed by atoms with E-state index in [1.165, 1.54) is 19.3 Å². The van der Waals surface area contributed by atoms with E-state index in [9.17, 15) is 5.11 Å². The van der Waals surface area contributed by atoms with E-state index in [0.29, 0.717) is 0 Å². The Bertz CT molecular complexity index is 286. The van der Waals surface area contributed by atoms with E-state index in [-0.39, 0.29) is 6.10 Å². The van der Waals surface area contributed by atoms with Crippen LogP contribution in [-0.2, 0) is 0 Å². The van der Waals surface area contributed by atoms with Gasteiger partial charge in [-0.1, -0.05) is 32.6 Å². The smallest absolute Gasteiger partial charge is 0.0807 e. The molecule has 0 aliphatic rings. The Morgan fingerprint density at radius 3 is 2.80 bits per heavy atom. The van der Waals surface area contributed by atoms with Crippen LogP contribution in [0.4, 0.5) is 0 Å². The second kappa shape index (κ2) is 6.57. The Hall–Kier alpha value is -0.890. The van der Waals surface area contributed by atoms with E-state index in [1.807, 2.05) is 13.0 Å². The fourth-order valence-corrected chi connectivity index (χ4v) is 1.75. The van der Waals surface area contributed by atoms with E-state index < -0.39 is 0 Å². The highest BCUT2D eigenvalue weighted by Gasteiger charge is 2.09. The van der Waals surface area contributed by atoms with Crippen molar-refractivity contribution in [1.29, 1.82) is 0 Å². The quantitative estimate of drug-likeness (QED) is 0.725. The maximum Gasteiger partial charge on any atom is 0.0807 e. The maximum atomic E-state index is 9.96. The Morgan fingerprint density at radius 2 is 2.13 bits per heavy atom. The Balaban J connectivity index is 2.40. The van der Waals surface area contributed by atoms with Gasteiger partial charge in [0.05, 0.1) is 6.10 Å². The van der Waals surface area contributed by atoms with Crippen molar-refractivity contribution >= 4 is 0 Å². The van der Waals surface area contributed by atoms with E-state index in [2.05, 4.69) is 11.9 Å². The van der Waals surface area contributed by atoms with E-state index in [1.54, 1.807) is 12.4 Å². The van der Waals surface area contributed by atoms with Gasteiger partial charge in [-0.2, -0.15) is 0 Å². The van der Waals surface area contributed by atoms with E-state index >= 15 is 0 Å². The van der Waals surface area contributed by atoms with Crippen molar-refractivity contribution in [1.82, 2.24) is 4.98 Å². The lowest BCUT2D eigenvalue weighted by atomic mass is 10.0. The number of aliphatic hydroxyl groups is 1. The molecule has 2 heteroatoms. The van der Waals surface area contributed by atoms with Crippen molar-refractivity contribution in [2.45, 2.75) is 52.1 Å². The number of pyridine rings is 1. The summed E-state index contributed by atoms with van der Waals surface area (Å²) in [5.74, 6) is 0. The molecule has 0 aliphatic carbocycles. The van der Waals surface area contributed by atoms with Gasteiger partial charge in [0.2, 0.25) is 0 Å². The molecule has 1 heterocycles. The molecule has 0 aliphatic heterocycles. The van der Waals surface area contributed by atoms with Gasteiger partial charge >= 0.3 is 0 Å². The number of hydrogen-bond acceptors (Lipinski definition) is 2. The molecule has 1 N–H and O–H groups in total. The van der Waals surface area contributed by atoms with Gasteiger partial charge in [0.25, 0.3) is 0 Å². The number of aryl methyl sites for hydroxylation is 1.